The van der Waals surface area contributed by atoms with Gasteiger partial charge in [-0.1, -0.05) is 0 Å². The Morgan fingerprint density at radius 2 is 1.76 bits per heavy atom. The zero-order chi connectivity index (χ0) is 21.5. The van der Waals surface area contributed by atoms with E-state index in [9.17, 15) is 14.4 Å². The maximum atomic E-state index is 13.2. The second-order valence-electron chi connectivity index (χ2n) is 8.76. The SMILES string of the molecule is CC1Sc2ccc(C(=O)N3C(C)CN(C(=O)OC(C)(C)C)CC3C)cc2NC1=O. The molecule has 7 nitrogen and oxygen atoms in total. The highest BCUT2D eigenvalue weighted by molar-refractivity contribution is 8.00. The van der Waals surface area contributed by atoms with E-state index in [-0.39, 0.29) is 35.2 Å². The summed E-state index contributed by atoms with van der Waals surface area (Å²) < 4.78 is 5.48. The molecule has 2 aliphatic heterocycles. The Hall–Kier alpha value is -2.22. The molecule has 3 rings (SSSR count). The quantitative estimate of drug-likeness (QED) is 0.753. The molecule has 2 aliphatic rings. The molecule has 1 aromatic carbocycles. The zero-order valence-electron chi connectivity index (χ0n) is 17.8. The van der Waals surface area contributed by atoms with Crippen molar-refractivity contribution in [2.24, 2.45) is 0 Å². The van der Waals surface area contributed by atoms with E-state index in [0.717, 1.165) is 4.90 Å². The highest BCUT2D eigenvalue weighted by Crippen LogP contribution is 2.36. The number of nitrogens with zero attached hydrogens (tertiary/aromatic N) is 2. The van der Waals surface area contributed by atoms with Gasteiger partial charge in [-0.05, 0) is 59.7 Å². The maximum absolute atomic E-state index is 13.2. The number of ether oxygens (including phenoxy) is 1. The molecule has 0 radical (unpaired) electrons. The van der Waals surface area contributed by atoms with Gasteiger partial charge in [-0.2, -0.15) is 0 Å². The summed E-state index contributed by atoms with van der Waals surface area (Å²) in [4.78, 5) is 42.1. The highest BCUT2D eigenvalue weighted by atomic mass is 32.2. The van der Waals surface area contributed by atoms with Crippen LogP contribution in [-0.4, -0.2) is 63.7 Å². The number of carbonyl (C=O) groups is 3. The van der Waals surface area contributed by atoms with Crippen LogP contribution in [0.3, 0.4) is 0 Å². The van der Waals surface area contributed by atoms with E-state index in [1.165, 1.54) is 11.8 Å². The number of thioether (sulfide) groups is 1. The van der Waals surface area contributed by atoms with Crippen molar-refractivity contribution in [1.29, 1.82) is 0 Å². The van der Waals surface area contributed by atoms with E-state index in [4.69, 9.17) is 4.74 Å². The van der Waals surface area contributed by atoms with Crippen LogP contribution in [0.1, 0.15) is 51.9 Å². The third-order valence-corrected chi connectivity index (χ3v) is 6.14. The van der Waals surface area contributed by atoms with Gasteiger partial charge in [-0.25, -0.2) is 4.79 Å². The number of anilines is 1. The van der Waals surface area contributed by atoms with Crippen molar-refractivity contribution < 1.29 is 19.1 Å². The van der Waals surface area contributed by atoms with Gasteiger partial charge in [-0.3, -0.25) is 9.59 Å². The topological polar surface area (TPSA) is 79.0 Å². The van der Waals surface area contributed by atoms with Crippen molar-refractivity contribution >= 4 is 35.4 Å². The molecule has 1 aromatic rings. The number of rotatable bonds is 1. The molecule has 3 unspecified atom stereocenters. The monoisotopic (exact) mass is 419 g/mol. The Balaban J connectivity index is 1.74. The number of nitrogens with one attached hydrogen (secondary N) is 1. The largest absolute Gasteiger partial charge is 0.444 e. The lowest BCUT2D eigenvalue weighted by atomic mass is 10.0. The molecule has 3 atom stereocenters. The first-order valence-electron chi connectivity index (χ1n) is 9.88. The van der Waals surface area contributed by atoms with Gasteiger partial charge in [0.1, 0.15) is 5.60 Å². The van der Waals surface area contributed by atoms with Crippen molar-refractivity contribution in [3.63, 3.8) is 0 Å². The van der Waals surface area contributed by atoms with Crippen LogP contribution in [0.2, 0.25) is 0 Å². The molecule has 3 amide bonds. The predicted octanol–water partition coefficient (Wildman–Crippen LogP) is 3.59. The molecule has 158 valence electrons. The van der Waals surface area contributed by atoms with Crippen molar-refractivity contribution in [2.45, 2.75) is 69.4 Å². The molecule has 29 heavy (non-hydrogen) atoms. The summed E-state index contributed by atoms with van der Waals surface area (Å²) >= 11 is 1.49. The van der Waals surface area contributed by atoms with E-state index >= 15 is 0 Å². The first-order valence-corrected chi connectivity index (χ1v) is 10.8. The van der Waals surface area contributed by atoms with E-state index < -0.39 is 5.60 Å². The fourth-order valence-corrected chi connectivity index (χ4v) is 4.62. The number of benzene rings is 1. The Bertz CT molecular complexity index is 824. The maximum Gasteiger partial charge on any atom is 0.410 e. The average molecular weight is 420 g/mol. The van der Waals surface area contributed by atoms with E-state index in [1.807, 2.05) is 52.5 Å². The standard InChI is InChI=1S/C21H29N3O4S/c1-12-10-23(20(27)28-21(4,5)6)11-13(2)24(12)19(26)15-7-8-17-16(9-15)22-18(25)14(3)29-17/h7-9,12-14H,10-11H2,1-6H3,(H,22,25). The van der Waals surface area contributed by atoms with Crippen molar-refractivity contribution in [2.75, 3.05) is 18.4 Å². The van der Waals surface area contributed by atoms with Crippen LogP contribution in [-0.2, 0) is 9.53 Å². The molecule has 1 N–H and O–H groups in total. The third-order valence-electron chi connectivity index (χ3n) is 4.96. The number of fused-ring (bicyclic) bond motifs is 1. The van der Waals surface area contributed by atoms with Crippen molar-refractivity contribution in [3.8, 4) is 0 Å². The molecular formula is C21H29N3O4S. The fourth-order valence-electron chi connectivity index (χ4n) is 3.69. The minimum absolute atomic E-state index is 0.0557. The summed E-state index contributed by atoms with van der Waals surface area (Å²) in [5.41, 5.74) is 0.653. The summed E-state index contributed by atoms with van der Waals surface area (Å²) in [6.07, 6.45) is -0.356. The van der Waals surface area contributed by atoms with Crippen LogP contribution >= 0.6 is 11.8 Å². The van der Waals surface area contributed by atoms with Gasteiger partial charge in [0.15, 0.2) is 0 Å². The zero-order valence-corrected chi connectivity index (χ0v) is 18.6. The molecule has 0 saturated carbocycles. The number of piperazine rings is 1. The molecule has 2 heterocycles. The van der Waals surface area contributed by atoms with Crippen LogP contribution in [0.5, 0.6) is 0 Å². The van der Waals surface area contributed by atoms with Crippen LogP contribution < -0.4 is 5.32 Å². The Labute approximate surface area is 176 Å². The number of carbonyl (C=O) groups excluding carboxylic acids is 3. The molecule has 0 bridgehead atoms. The molecule has 8 heteroatoms. The number of hydrogen-bond donors (Lipinski definition) is 1. The Morgan fingerprint density at radius 3 is 2.34 bits per heavy atom. The van der Waals surface area contributed by atoms with Crippen LogP contribution in [0.25, 0.3) is 0 Å². The lowest BCUT2D eigenvalue weighted by Gasteiger charge is -2.44. The van der Waals surface area contributed by atoms with Crippen LogP contribution in [0.4, 0.5) is 10.5 Å². The van der Waals surface area contributed by atoms with Gasteiger partial charge in [-0.15, -0.1) is 11.8 Å². The summed E-state index contributed by atoms with van der Waals surface area (Å²) in [6, 6.07) is 5.12. The van der Waals surface area contributed by atoms with Crippen LogP contribution in [0, 0.1) is 0 Å². The first-order chi connectivity index (χ1) is 13.5. The van der Waals surface area contributed by atoms with E-state index in [0.29, 0.717) is 24.3 Å². The summed E-state index contributed by atoms with van der Waals surface area (Å²) in [7, 11) is 0. The number of amides is 3. The van der Waals surface area contributed by atoms with E-state index in [1.54, 1.807) is 17.0 Å². The first kappa shape index (κ1) is 21.5. The molecule has 0 aromatic heterocycles. The molecule has 0 spiro atoms. The minimum atomic E-state index is -0.556. The van der Waals surface area contributed by atoms with Gasteiger partial charge in [0.2, 0.25) is 5.91 Å². The summed E-state index contributed by atoms with van der Waals surface area (Å²) in [6.45, 7) is 12.1. The smallest absolute Gasteiger partial charge is 0.410 e. The van der Waals surface area contributed by atoms with Gasteiger partial charge in [0, 0.05) is 35.6 Å². The second kappa shape index (κ2) is 7.89. The lowest BCUT2D eigenvalue weighted by Crippen LogP contribution is -2.60. The minimum Gasteiger partial charge on any atom is -0.444 e. The molecule has 1 fully saturated rings. The van der Waals surface area contributed by atoms with Crippen molar-refractivity contribution in [1.82, 2.24) is 9.80 Å². The average Bonchev–Trinajstić information content (AvgIpc) is 2.60. The van der Waals surface area contributed by atoms with Gasteiger partial charge >= 0.3 is 6.09 Å². The van der Waals surface area contributed by atoms with Gasteiger partial charge < -0.3 is 19.9 Å². The Morgan fingerprint density at radius 1 is 1.14 bits per heavy atom. The molecule has 0 aliphatic carbocycles. The van der Waals surface area contributed by atoms with E-state index in [2.05, 4.69) is 5.32 Å². The summed E-state index contributed by atoms with van der Waals surface area (Å²) in [5, 5.41) is 2.73. The second-order valence-corrected chi connectivity index (χ2v) is 10.1. The number of hydrogen-bond acceptors (Lipinski definition) is 5. The van der Waals surface area contributed by atoms with Crippen molar-refractivity contribution in [3.05, 3.63) is 23.8 Å². The Kier molecular flexibility index (Phi) is 5.85. The van der Waals surface area contributed by atoms with Gasteiger partial charge in [0.25, 0.3) is 5.91 Å². The third kappa shape index (κ3) is 4.69. The highest BCUT2D eigenvalue weighted by Gasteiger charge is 2.37. The fraction of sp³-hybridized carbons (Fsp3) is 0.571. The molecule has 1 saturated heterocycles. The van der Waals surface area contributed by atoms with Gasteiger partial charge in [0.05, 0.1) is 10.9 Å². The predicted molar refractivity (Wildman–Crippen MR) is 113 cm³/mol. The lowest BCUT2D eigenvalue weighted by molar-refractivity contribution is -0.115. The molecular weight excluding hydrogens is 390 g/mol. The van der Waals surface area contributed by atoms with Crippen LogP contribution in [0.15, 0.2) is 23.1 Å². The normalized spacial score (nSPS) is 24.6. The summed E-state index contributed by atoms with van der Waals surface area (Å²) in [5.74, 6) is -0.158.